The average Bonchev–Trinajstić information content (AvgIpc) is 2.54. The summed E-state index contributed by atoms with van der Waals surface area (Å²) in [5.41, 5.74) is 0.122. The van der Waals surface area contributed by atoms with Crippen molar-refractivity contribution in [3.8, 4) is 0 Å². The van der Waals surface area contributed by atoms with Crippen molar-refractivity contribution in [2.24, 2.45) is 5.92 Å². The van der Waals surface area contributed by atoms with Crippen LogP contribution < -0.4 is 4.72 Å². The number of nitrogens with one attached hydrogen (secondary N) is 1. The number of sulfonamides is 1. The maximum Gasteiger partial charge on any atom is 0.215 e. The Bertz CT molecular complexity index is 642. The number of ether oxygens (including phenoxy) is 1. The Labute approximate surface area is 148 Å². The molecule has 0 aromatic heterocycles. The van der Waals surface area contributed by atoms with Gasteiger partial charge in [0.15, 0.2) is 0 Å². The zero-order valence-electron chi connectivity index (χ0n) is 13.8. The van der Waals surface area contributed by atoms with Crippen LogP contribution in [-0.2, 0) is 20.5 Å². The van der Waals surface area contributed by atoms with Crippen LogP contribution in [0.25, 0.3) is 0 Å². The molecule has 0 amide bonds. The normalized spacial score (nSPS) is 19.5. The molecule has 8 heteroatoms. The summed E-state index contributed by atoms with van der Waals surface area (Å²) in [4.78, 5) is 2.28. The van der Waals surface area contributed by atoms with Gasteiger partial charge in [0.05, 0.1) is 12.4 Å². The van der Waals surface area contributed by atoms with Gasteiger partial charge in [-0.25, -0.2) is 17.5 Å². The number of rotatable bonds is 8. The Balaban J connectivity index is 1.85. The summed E-state index contributed by atoms with van der Waals surface area (Å²) in [6, 6.07) is 4.02. The summed E-state index contributed by atoms with van der Waals surface area (Å²) in [6.07, 6.45) is 2.03. The van der Waals surface area contributed by atoms with Crippen LogP contribution in [0.2, 0.25) is 5.02 Å². The molecule has 1 aromatic rings. The van der Waals surface area contributed by atoms with Crippen LogP contribution >= 0.6 is 11.6 Å². The molecule has 1 heterocycles. The van der Waals surface area contributed by atoms with Crippen molar-refractivity contribution in [3.63, 3.8) is 0 Å². The molecule has 1 N–H and O–H groups in total. The highest BCUT2D eigenvalue weighted by atomic mass is 35.5. The minimum absolute atomic E-state index is 0.122. The second kappa shape index (κ2) is 9.10. The van der Waals surface area contributed by atoms with Gasteiger partial charge in [-0.05, 0) is 37.4 Å². The Hall–Kier alpha value is -0.730. The summed E-state index contributed by atoms with van der Waals surface area (Å²) in [5, 5.41) is 0.250. The largest absolute Gasteiger partial charge is 0.383 e. The van der Waals surface area contributed by atoms with E-state index in [1.54, 1.807) is 7.11 Å². The van der Waals surface area contributed by atoms with Gasteiger partial charge in [-0.2, -0.15) is 0 Å². The zero-order chi connectivity index (χ0) is 17.6. The van der Waals surface area contributed by atoms with Crippen LogP contribution in [-0.4, -0.2) is 53.2 Å². The maximum atomic E-state index is 13.8. The third-order valence-corrected chi connectivity index (χ3v) is 5.70. The molecule has 1 aromatic carbocycles. The van der Waals surface area contributed by atoms with E-state index in [1.165, 1.54) is 12.1 Å². The average molecular weight is 379 g/mol. The first-order chi connectivity index (χ1) is 11.4. The SMILES string of the molecule is COCCN1CCC[C@@H](CNS(=O)(=O)Cc2ccc(Cl)cc2F)C1. The topological polar surface area (TPSA) is 58.6 Å². The molecule has 0 aliphatic carbocycles. The van der Waals surface area contributed by atoms with E-state index < -0.39 is 15.8 Å². The fraction of sp³-hybridized carbons (Fsp3) is 0.625. The van der Waals surface area contributed by atoms with E-state index in [4.69, 9.17) is 16.3 Å². The van der Waals surface area contributed by atoms with E-state index in [1.807, 2.05) is 0 Å². The van der Waals surface area contributed by atoms with E-state index in [0.29, 0.717) is 13.2 Å². The van der Waals surface area contributed by atoms with E-state index >= 15 is 0 Å². The number of methoxy groups -OCH3 is 1. The van der Waals surface area contributed by atoms with Crippen molar-refractivity contribution in [2.75, 3.05) is 39.9 Å². The van der Waals surface area contributed by atoms with Gasteiger partial charge in [0.25, 0.3) is 0 Å². The molecular formula is C16H24ClFN2O3S. The van der Waals surface area contributed by atoms with Crippen molar-refractivity contribution in [1.82, 2.24) is 9.62 Å². The number of nitrogens with zero attached hydrogens (tertiary/aromatic N) is 1. The first-order valence-corrected chi connectivity index (χ1v) is 10.0. The predicted molar refractivity (Wildman–Crippen MR) is 93.1 cm³/mol. The minimum atomic E-state index is -3.58. The van der Waals surface area contributed by atoms with Gasteiger partial charge < -0.3 is 9.64 Å². The Kier molecular flexibility index (Phi) is 7.43. The molecule has 1 fully saturated rings. The quantitative estimate of drug-likeness (QED) is 0.753. The Morgan fingerprint density at radius 3 is 2.96 bits per heavy atom. The van der Waals surface area contributed by atoms with Gasteiger partial charge in [-0.1, -0.05) is 17.7 Å². The monoisotopic (exact) mass is 378 g/mol. The lowest BCUT2D eigenvalue weighted by Gasteiger charge is -2.32. The first-order valence-electron chi connectivity index (χ1n) is 8.02. The van der Waals surface area contributed by atoms with Crippen molar-refractivity contribution in [2.45, 2.75) is 18.6 Å². The van der Waals surface area contributed by atoms with Crippen LogP contribution in [0.4, 0.5) is 4.39 Å². The summed E-state index contributed by atoms with van der Waals surface area (Å²) < 4.78 is 45.8. The molecule has 0 bridgehead atoms. The van der Waals surface area contributed by atoms with Gasteiger partial charge in [0, 0.05) is 37.3 Å². The van der Waals surface area contributed by atoms with Crippen LogP contribution in [0.5, 0.6) is 0 Å². The summed E-state index contributed by atoms with van der Waals surface area (Å²) in [5.74, 6) is -0.715. The summed E-state index contributed by atoms with van der Waals surface area (Å²) >= 11 is 5.68. The molecule has 1 aliphatic heterocycles. The molecule has 0 spiro atoms. The van der Waals surface area contributed by atoms with Crippen molar-refractivity contribution < 1.29 is 17.5 Å². The maximum absolute atomic E-state index is 13.8. The Morgan fingerprint density at radius 1 is 1.46 bits per heavy atom. The fourth-order valence-corrected chi connectivity index (χ4v) is 4.27. The lowest BCUT2D eigenvalue weighted by molar-refractivity contribution is 0.115. The molecule has 0 saturated carbocycles. The highest BCUT2D eigenvalue weighted by Gasteiger charge is 2.22. The number of piperidine rings is 1. The second-order valence-corrected chi connectivity index (χ2v) is 8.39. The second-order valence-electron chi connectivity index (χ2n) is 6.14. The number of hydrogen-bond acceptors (Lipinski definition) is 4. The van der Waals surface area contributed by atoms with E-state index in [9.17, 15) is 12.8 Å². The van der Waals surface area contributed by atoms with Crippen molar-refractivity contribution in [1.29, 1.82) is 0 Å². The number of halogens is 2. The number of hydrogen-bond donors (Lipinski definition) is 1. The number of likely N-dealkylation sites (tertiary alicyclic amines) is 1. The van der Waals surface area contributed by atoms with E-state index in [0.717, 1.165) is 38.5 Å². The zero-order valence-corrected chi connectivity index (χ0v) is 15.4. The minimum Gasteiger partial charge on any atom is -0.383 e. The molecule has 0 radical (unpaired) electrons. The number of benzene rings is 1. The summed E-state index contributed by atoms with van der Waals surface area (Å²) in [7, 11) is -1.91. The smallest absolute Gasteiger partial charge is 0.215 e. The van der Waals surface area contributed by atoms with Gasteiger partial charge in [0.2, 0.25) is 10.0 Å². The van der Waals surface area contributed by atoms with Gasteiger partial charge in [0.1, 0.15) is 5.82 Å². The van der Waals surface area contributed by atoms with Gasteiger partial charge in [-0.15, -0.1) is 0 Å². The highest BCUT2D eigenvalue weighted by Crippen LogP contribution is 2.18. The summed E-state index contributed by atoms with van der Waals surface area (Å²) in [6.45, 7) is 3.77. The molecule has 24 heavy (non-hydrogen) atoms. The molecule has 1 atom stereocenters. The molecule has 136 valence electrons. The van der Waals surface area contributed by atoms with Crippen LogP contribution in [0, 0.1) is 11.7 Å². The lowest BCUT2D eigenvalue weighted by atomic mass is 9.98. The van der Waals surface area contributed by atoms with Crippen LogP contribution in [0.3, 0.4) is 0 Å². The third kappa shape index (κ3) is 6.29. The van der Waals surface area contributed by atoms with Crippen LogP contribution in [0.15, 0.2) is 18.2 Å². The highest BCUT2D eigenvalue weighted by molar-refractivity contribution is 7.88. The van der Waals surface area contributed by atoms with E-state index in [-0.39, 0.29) is 22.3 Å². The predicted octanol–water partition coefficient (Wildman–Crippen LogP) is 2.26. The third-order valence-electron chi connectivity index (χ3n) is 4.17. The van der Waals surface area contributed by atoms with Crippen molar-refractivity contribution in [3.05, 3.63) is 34.6 Å². The first kappa shape index (κ1) is 19.6. The Morgan fingerprint density at radius 2 is 2.25 bits per heavy atom. The lowest BCUT2D eigenvalue weighted by Crippen LogP contribution is -2.42. The van der Waals surface area contributed by atoms with Crippen molar-refractivity contribution >= 4 is 21.6 Å². The molecule has 5 nitrogen and oxygen atoms in total. The van der Waals surface area contributed by atoms with Gasteiger partial charge >= 0.3 is 0 Å². The molecule has 1 aliphatic rings. The van der Waals surface area contributed by atoms with Gasteiger partial charge in [-0.3, -0.25) is 0 Å². The molecule has 2 rings (SSSR count). The van der Waals surface area contributed by atoms with E-state index in [2.05, 4.69) is 9.62 Å². The standard InChI is InChI=1S/C16H24ClFN2O3S/c1-23-8-7-20-6-2-3-13(11-20)10-19-24(21,22)12-14-4-5-15(17)9-16(14)18/h4-5,9,13,19H,2-3,6-8,10-12H2,1H3/t13-/m0/s1. The molecule has 1 saturated heterocycles. The molecular weight excluding hydrogens is 355 g/mol. The molecule has 0 unspecified atom stereocenters. The fourth-order valence-electron chi connectivity index (χ4n) is 2.88. The van der Waals surface area contributed by atoms with Crippen LogP contribution in [0.1, 0.15) is 18.4 Å².